The molecule has 5 nitrogen and oxygen atoms in total. The van der Waals surface area contributed by atoms with Gasteiger partial charge in [-0.15, -0.1) is 6.42 Å². The molecule has 0 spiro atoms. The number of aromatic nitrogens is 1. The highest BCUT2D eigenvalue weighted by molar-refractivity contribution is 5.69. The van der Waals surface area contributed by atoms with Crippen LogP contribution in [0.1, 0.15) is 26.5 Å². The molecule has 5 heteroatoms. The highest BCUT2D eigenvalue weighted by Crippen LogP contribution is 2.07. The van der Waals surface area contributed by atoms with E-state index in [2.05, 4.69) is 21.8 Å². The smallest absolute Gasteiger partial charge is 0.426 e. The summed E-state index contributed by atoms with van der Waals surface area (Å²) < 4.78 is 5.04. The quantitative estimate of drug-likeness (QED) is 0.605. The van der Waals surface area contributed by atoms with Crippen molar-refractivity contribution in [2.75, 3.05) is 5.43 Å². The maximum atomic E-state index is 11.3. The van der Waals surface area contributed by atoms with E-state index in [1.165, 1.54) is 6.20 Å². The number of hydrogen-bond acceptors (Lipinski definition) is 4. The molecular weight excluding hydrogens is 218 g/mol. The van der Waals surface area contributed by atoms with Crippen LogP contribution in [-0.4, -0.2) is 16.7 Å². The number of hydrogen-bond donors (Lipinski definition) is 2. The number of hydrazine groups is 1. The van der Waals surface area contributed by atoms with Gasteiger partial charge >= 0.3 is 6.09 Å². The van der Waals surface area contributed by atoms with E-state index in [1.807, 2.05) is 0 Å². The first-order valence-corrected chi connectivity index (χ1v) is 5.08. The number of ether oxygens (including phenoxy) is 1. The number of carbonyl (C=O) groups excluding carboxylic acids is 1. The van der Waals surface area contributed by atoms with Crippen molar-refractivity contribution in [3.8, 4) is 12.3 Å². The molecular formula is C12H15N3O2. The number of anilines is 1. The molecule has 1 aromatic heterocycles. The number of pyridine rings is 1. The van der Waals surface area contributed by atoms with Crippen molar-refractivity contribution >= 4 is 11.8 Å². The molecule has 0 fully saturated rings. The molecule has 0 atom stereocenters. The van der Waals surface area contributed by atoms with Crippen molar-refractivity contribution < 1.29 is 9.53 Å². The Kier molecular flexibility index (Phi) is 3.94. The van der Waals surface area contributed by atoms with Crippen LogP contribution in [0.25, 0.3) is 0 Å². The predicted molar refractivity (Wildman–Crippen MR) is 65.2 cm³/mol. The standard InChI is InChI=1S/C12H15N3O2/c1-5-9-6-7-10(8-13-9)14-15-11(16)17-12(2,3)4/h1,6-8,14H,2-4H3,(H,15,16). The number of nitrogens with one attached hydrogen (secondary N) is 2. The maximum Gasteiger partial charge on any atom is 0.426 e. The first kappa shape index (κ1) is 12.8. The first-order valence-electron chi connectivity index (χ1n) is 5.08. The molecule has 17 heavy (non-hydrogen) atoms. The zero-order chi connectivity index (χ0) is 12.9. The first-order chi connectivity index (χ1) is 7.90. The van der Waals surface area contributed by atoms with Crippen molar-refractivity contribution in [2.24, 2.45) is 0 Å². The van der Waals surface area contributed by atoms with Gasteiger partial charge in [-0.05, 0) is 32.9 Å². The van der Waals surface area contributed by atoms with Crippen LogP contribution in [0.5, 0.6) is 0 Å². The van der Waals surface area contributed by atoms with E-state index in [-0.39, 0.29) is 0 Å². The van der Waals surface area contributed by atoms with Crippen LogP contribution in [0.4, 0.5) is 10.5 Å². The van der Waals surface area contributed by atoms with Crippen LogP contribution < -0.4 is 10.9 Å². The van der Waals surface area contributed by atoms with Crippen molar-refractivity contribution in [3.63, 3.8) is 0 Å². The molecule has 0 radical (unpaired) electrons. The van der Waals surface area contributed by atoms with Crippen molar-refractivity contribution in [1.82, 2.24) is 10.4 Å². The molecule has 0 bridgehead atoms. The van der Waals surface area contributed by atoms with E-state index in [9.17, 15) is 4.79 Å². The van der Waals surface area contributed by atoms with Gasteiger partial charge in [-0.3, -0.25) is 5.43 Å². The molecule has 0 aliphatic carbocycles. The Bertz CT molecular complexity index is 427. The van der Waals surface area contributed by atoms with Gasteiger partial charge in [-0.25, -0.2) is 15.2 Å². The van der Waals surface area contributed by atoms with Crippen molar-refractivity contribution in [3.05, 3.63) is 24.0 Å². The Morgan fingerprint density at radius 1 is 1.47 bits per heavy atom. The molecule has 1 amide bonds. The summed E-state index contributed by atoms with van der Waals surface area (Å²) in [5, 5.41) is 0. The van der Waals surface area contributed by atoms with E-state index in [1.54, 1.807) is 32.9 Å². The molecule has 0 saturated carbocycles. The van der Waals surface area contributed by atoms with Gasteiger partial charge in [0.25, 0.3) is 0 Å². The van der Waals surface area contributed by atoms with Crippen LogP contribution in [0, 0.1) is 12.3 Å². The highest BCUT2D eigenvalue weighted by atomic mass is 16.6. The van der Waals surface area contributed by atoms with Gasteiger partial charge in [0.2, 0.25) is 0 Å². The summed E-state index contributed by atoms with van der Waals surface area (Å²) in [4.78, 5) is 15.3. The topological polar surface area (TPSA) is 63.2 Å². The van der Waals surface area contributed by atoms with Gasteiger partial charge in [0.1, 0.15) is 11.3 Å². The number of terminal acetylenes is 1. The predicted octanol–water partition coefficient (Wildman–Crippen LogP) is 1.91. The molecule has 1 heterocycles. The van der Waals surface area contributed by atoms with Gasteiger partial charge in [-0.1, -0.05) is 5.92 Å². The maximum absolute atomic E-state index is 11.3. The Balaban J connectivity index is 2.45. The Labute approximate surface area is 101 Å². The largest absolute Gasteiger partial charge is 0.443 e. The lowest BCUT2D eigenvalue weighted by atomic mass is 10.2. The van der Waals surface area contributed by atoms with Gasteiger partial charge in [0.05, 0.1) is 11.9 Å². The molecule has 0 unspecified atom stereocenters. The minimum atomic E-state index is -0.557. The fraction of sp³-hybridized carbons (Fsp3) is 0.333. The van der Waals surface area contributed by atoms with Gasteiger partial charge in [0.15, 0.2) is 0 Å². The summed E-state index contributed by atoms with van der Waals surface area (Å²) in [6.07, 6.45) is 6.13. The molecule has 0 aliphatic rings. The SMILES string of the molecule is C#Cc1ccc(NNC(=O)OC(C)(C)C)cn1. The average Bonchev–Trinajstić information content (AvgIpc) is 2.25. The number of rotatable bonds is 2. The zero-order valence-corrected chi connectivity index (χ0v) is 10.1. The second-order valence-corrected chi connectivity index (χ2v) is 4.33. The molecule has 1 rings (SSSR count). The fourth-order valence-corrected chi connectivity index (χ4v) is 0.980. The summed E-state index contributed by atoms with van der Waals surface area (Å²) in [6.45, 7) is 5.36. The van der Waals surface area contributed by atoms with Crippen LogP contribution in [-0.2, 0) is 4.74 Å². The third-order valence-electron chi connectivity index (χ3n) is 1.62. The Morgan fingerprint density at radius 3 is 2.65 bits per heavy atom. The lowest BCUT2D eigenvalue weighted by Gasteiger charge is -2.19. The lowest BCUT2D eigenvalue weighted by molar-refractivity contribution is 0.0541. The average molecular weight is 233 g/mol. The number of nitrogens with zero attached hydrogens (tertiary/aromatic N) is 1. The molecule has 2 N–H and O–H groups in total. The summed E-state index contributed by atoms with van der Waals surface area (Å²) in [6, 6.07) is 3.37. The Morgan fingerprint density at radius 2 is 2.18 bits per heavy atom. The second-order valence-electron chi connectivity index (χ2n) is 4.33. The molecule has 0 aliphatic heterocycles. The summed E-state index contributed by atoms with van der Waals surface area (Å²) in [5.74, 6) is 2.40. The number of carbonyl (C=O) groups is 1. The van der Waals surface area contributed by atoms with Crippen LogP contribution in [0.2, 0.25) is 0 Å². The van der Waals surface area contributed by atoms with Crippen LogP contribution >= 0.6 is 0 Å². The van der Waals surface area contributed by atoms with Crippen molar-refractivity contribution in [2.45, 2.75) is 26.4 Å². The van der Waals surface area contributed by atoms with Crippen LogP contribution in [0.3, 0.4) is 0 Å². The number of amides is 1. The normalized spacial score (nSPS) is 10.2. The van der Waals surface area contributed by atoms with Crippen LogP contribution in [0.15, 0.2) is 18.3 Å². The third-order valence-corrected chi connectivity index (χ3v) is 1.62. The molecule has 90 valence electrons. The summed E-state index contributed by atoms with van der Waals surface area (Å²) >= 11 is 0. The van der Waals surface area contributed by atoms with E-state index in [4.69, 9.17) is 11.2 Å². The summed E-state index contributed by atoms with van der Waals surface area (Å²) in [5.41, 5.74) is 5.68. The lowest BCUT2D eigenvalue weighted by Crippen LogP contribution is -2.35. The minimum absolute atomic E-state index is 0.530. The van der Waals surface area contributed by atoms with Gasteiger partial charge in [-0.2, -0.15) is 0 Å². The monoisotopic (exact) mass is 233 g/mol. The van der Waals surface area contributed by atoms with E-state index in [0.717, 1.165) is 0 Å². The summed E-state index contributed by atoms with van der Waals surface area (Å²) in [7, 11) is 0. The molecule has 0 saturated heterocycles. The molecule has 1 aromatic rings. The second kappa shape index (κ2) is 5.21. The zero-order valence-electron chi connectivity index (χ0n) is 10.1. The van der Waals surface area contributed by atoms with Gasteiger partial charge < -0.3 is 4.74 Å². The van der Waals surface area contributed by atoms with Crippen molar-refractivity contribution in [1.29, 1.82) is 0 Å². The highest BCUT2D eigenvalue weighted by Gasteiger charge is 2.15. The van der Waals surface area contributed by atoms with E-state index in [0.29, 0.717) is 11.4 Å². The minimum Gasteiger partial charge on any atom is -0.443 e. The third kappa shape index (κ3) is 4.89. The van der Waals surface area contributed by atoms with Gasteiger partial charge in [0, 0.05) is 0 Å². The fourth-order valence-electron chi connectivity index (χ4n) is 0.980. The Hall–Kier alpha value is -2.22. The van der Waals surface area contributed by atoms with E-state index >= 15 is 0 Å². The molecule has 0 aromatic carbocycles. The van der Waals surface area contributed by atoms with E-state index < -0.39 is 11.7 Å².